The van der Waals surface area contributed by atoms with E-state index in [9.17, 15) is 9.59 Å². The minimum absolute atomic E-state index is 0.00314. The van der Waals surface area contributed by atoms with E-state index in [2.05, 4.69) is 5.32 Å². The summed E-state index contributed by atoms with van der Waals surface area (Å²) in [6.45, 7) is 3.61. The van der Waals surface area contributed by atoms with Gasteiger partial charge in [0.1, 0.15) is 11.2 Å². The summed E-state index contributed by atoms with van der Waals surface area (Å²) in [5, 5.41) is 4.40. The Hall–Kier alpha value is -2.34. The van der Waals surface area contributed by atoms with E-state index >= 15 is 0 Å². The highest BCUT2D eigenvalue weighted by molar-refractivity contribution is 6.03. The van der Waals surface area contributed by atoms with Crippen LogP contribution in [0.5, 0.6) is 0 Å². The van der Waals surface area contributed by atoms with Crippen LogP contribution in [0.25, 0.3) is 10.9 Å². The van der Waals surface area contributed by atoms with Gasteiger partial charge in [-0.25, -0.2) is 0 Å². The molecule has 0 radical (unpaired) electrons. The summed E-state index contributed by atoms with van der Waals surface area (Å²) < 4.78 is 7.92. The fourth-order valence-corrected chi connectivity index (χ4v) is 5.73. The van der Waals surface area contributed by atoms with Crippen molar-refractivity contribution < 1.29 is 14.3 Å². The van der Waals surface area contributed by atoms with Crippen LogP contribution in [0.3, 0.4) is 0 Å². The zero-order chi connectivity index (χ0) is 22.1. The maximum Gasteiger partial charge on any atom is 0.271 e. The molecule has 0 bridgehead atoms. The van der Waals surface area contributed by atoms with Crippen LogP contribution in [0, 0.1) is 0 Å². The van der Waals surface area contributed by atoms with Crippen LogP contribution in [0.4, 0.5) is 0 Å². The second-order valence-electron chi connectivity index (χ2n) is 10.0. The van der Waals surface area contributed by atoms with Gasteiger partial charge in [0, 0.05) is 30.1 Å². The topological polar surface area (TPSA) is 63.6 Å². The summed E-state index contributed by atoms with van der Waals surface area (Å²) in [7, 11) is 0. The second-order valence-corrected chi connectivity index (χ2v) is 10.0. The Balaban J connectivity index is 1.47. The highest BCUT2D eigenvalue weighted by Gasteiger charge is 2.49. The molecule has 2 fully saturated rings. The van der Waals surface area contributed by atoms with Crippen molar-refractivity contribution in [2.75, 3.05) is 13.2 Å². The standard InChI is InChI=1S/C26H35N3O3/c1-26(25(31)27-20-11-5-3-2-4-6-12-20)18-28-22-14-8-7-10-19(22)16-23(28)24(30)29(26)17-21-13-9-15-32-21/h7-8,10,14,16,20-21H,2-6,9,11-13,15,17-18H2,1H3,(H,27,31)/t21-,26+/m1/s1. The molecule has 3 aliphatic rings. The van der Waals surface area contributed by atoms with E-state index in [4.69, 9.17) is 4.74 Å². The molecule has 2 amide bonds. The number of aromatic nitrogens is 1. The average molecular weight is 438 g/mol. The van der Waals surface area contributed by atoms with Crippen molar-refractivity contribution in [3.8, 4) is 0 Å². The number of carbonyl (C=O) groups is 2. The number of amides is 2. The quantitative estimate of drug-likeness (QED) is 0.777. The Morgan fingerprint density at radius 2 is 1.84 bits per heavy atom. The lowest BCUT2D eigenvalue weighted by Gasteiger charge is -2.45. The number of nitrogens with zero attached hydrogens (tertiary/aromatic N) is 2. The molecule has 1 aromatic heterocycles. The monoisotopic (exact) mass is 437 g/mol. The number of benzene rings is 1. The molecule has 2 atom stereocenters. The van der Waals surface area contributed by atoms with E-state index in [0.29, 0.717) is 18.8 Å². The van der Waals surface area contributed by atoms with Crippen molar-refractivity contribution >= 4 is 22.7 Å². The molecule has 172 valence electrons. The van der Waals surface area contributed by atoms with Crippen LogP contribution in [0.2, 0.25) is 0 Å². The zero-order valence-corrected chi connectivity index (χ0v) is 19.1. The molecule has 1 N–H and O–H groups in total. The zero-order valence-electron chi connectivity index (χ0n) is 19.1. The van der Waals surface area contributed by atoms with Crippen molar-refractivity contribution in [2.24, 2.45) is 0 Å². The highest BCUT2D eigenvalue weighted by Crippen LogP contribution is 2.34. The smallest absolute Gasteiger partial charge is 0.271 e. The van der Waals surface area contributed by atoms with Gasteiger partial charge >= 0.3 is 0 Å². The van der Waals surface area contributed by atoms with Gasteiger partial charge in [-0.3, -0.25) is 9.59 Å². The summed E-state index contributed by atoms with van der Waals surface area (Å²) >= 11 is 0. The third-order valence-corrected chi connectivity index (χ3v) is 7.68. The lowest BCUT2D eigenvalue weighted by molar-refractivity contribution is -0.134. The fraction of sp³-hybridized carbons (Fsp3) is 0.615. The first-order chi connectivity index (χ1) is 15.6. The summed E-state index contributed by atoms with van der Waals surface area (Å²) in [6.07, 6.45) is 10.1. The number of rotatable bonds is 4. The van der Waals surface area contributed by atoms with Gasteiger partial charge in [0.25, 0.3) is 5.91 Å². The van der Waals surface area contributed by atoms with E-state index in [0.717, 1.165) is 56.0 Å². The minimum Gasteiger partial charge on any atom is -0.376 e. The van der Waals surface area contributed by atoms with E-state index in [1.165, 1.54) is 19.3 Å². The Morgan fingerprint density at radius 3 is 2.59 bits per heavy atom. The lowest BCUT2D eigenvalue weighted by atomic mass is 9.91. The number of fused-ring (bicyclic) bond motifs is 3. The van der Waals surface area contributed by atoms with Crippen LogP contribution < -0.4 is 5.32 Å². The molecular formula is C26H35N3O3. The molecule has 5 rings (SSSR count). The number of carbonyl (C=O) groups excluding carboxylic acids is 2. The molecule has 2 aliphatic heterocycles. The molecule has 32 heavy (non-hydrogen) atoms. The van der Waals surface area contributed by atoms with Gasteiger partial charge < -0.3 is 19.5 Å². The van der Waals surface area contributed by atoms with Crippen molar-refractivity contribution in [3.63, 3.8) is 0 Å². The molecule has 3 heterocycles. The largest absolute Gasteiger partial charge is 0.376 e. The SMILES string of the molecule is C[C@@]1(C(=O)NC2CCCCCCC2)Cn2c(cc3ccccc32)C(=O)N1C[C@H]1CCCO1. The number of nitrogens with one attached hydrogen (secondary N) is 1. The minimum atomic E-state index is -0.944. The normalized spacial score (nSPS) is 27.2. The van der Waals surface area contributed by atoms with Crippen LogP contribution >= 0.6 is 0 Å². The predicted molar refractivity (Wildman–Crippen MR) is 125 cm³/mol. The van der Waals surface area contributed by atoms with Crippen molar-refractivity contribution in [2.45, 2.75) is 88.9 Å². The molecular weight excluding hydrogens is 402 g/mol. The lowest BCUT2D eigenvalue weighted by Crippen LogP contribution is -2.66. The average Bonchev–Trinajstić information content (AvgIpc) is 3.41. The number of ether oxygens (including phenoxy) is 1. The Kier molecular flexibility index (Phi) is 5.97. The Bertz CT molecular complexity index is 985. The summed E-state index contributed by atoms with van der Waals surface area (Å²) in [6, 6.07) is 10.2. The third-order valence-electron chi connectivity index (χ3n) is 7.68. The molecule has 2 aromatic rings. The van der Waals surface area contributed by atoms with Gasteiger partial charge in [-0.05, 0) is 44.7 Å². The van der Waals surface area contributed by atoms with E-state index in [-0.39, 0.29) is 24.0 Å². The first kappa shape index (κ1) is 21.5. The molecule has 1 saturated heterocycles. The van der Waals surface area contributed by atoms with Crippen molar-refractivity contribution in [3.05, 3.63) is 36.0 Å². The van der Waals surface area contributed by atoms with Gasteiger partial charge in [0.2, 0.25) is 5.91 Å². The van der Waals surface area contributed by atoms with Crippen molar-refractivity contribution in [1.29, 1.82) is 0 Å². The number of hydrogen-bond donors (Lipinski definition) is 1. The molecule has 1 saturated carbocycles. The summed E-state index contributed by atoms with van der Waals surface area (Å²) in [5.74, 6) is -0.101. The first-order valence-corrected chi connectivity index (χ1v) is 12.4. The molecule has 0 spiro atoms. The molecule has 1 aromatic carbocycles. The molecule has 6 heteroatoms. The van der Waals surface area contributed by atoms with Crippen LogP contribution in [0.1, 0.15) is 75.2 Å². The predicted octanol–water partition coefficient (Wildman–Crippen LogP) is 4.26. The van der Waals surface area contributed by atoms with Crippen LogP contribution in [-0.2, 0) is 16.1 Å². The first-order valence-electron chi connectivity index (χ1n) is 12.4. The van der Waals surface area contributed by atoms with E-state index < -0.39 is 5.54 Å². The maximum atomic E-state index is 13.8. The number of hydrogen-bond acceptors (Lipinski definition) is 3. The Morgan fingerprint density at radius 1 is 1.09 bits per heavy atom. The fourth-order valence-electron chi connectivity index (χ4n) is 5.73. The van der Waals surface area contributed by atoms with Gasteiger partial charge in [0.15, 0.2) is 0 Å². The summed E-state index contributed by atoms with van der Waals surface area (Å²) in [5.41, 5.74) is 0.734. The van der Waals surface area contributed by atoms with Gasteiger partial charge in [-0.15, -0.1) is 0 Å². The van der Waals surface area contributed by atoms with Crippen molar-refractivity contribution in [1.82, 2.24) is 14.8 Å². The van der Waals surface area contributed by atoms with Gasteiger partial charge in [-0.2, -0.15) is 0 Å². The van der Waals surface area contributed by atoms with E-state index in [1.807, 2.05) is 41.8 Å². The van der Waals surface area contributed by atoms with E-state index in [1.54, 1.807) is 4.90 Å². The third kappa shape index (κ3) is 3.94. The number of para-hydroxylation sites is 1. The van der Waals surface area contributed by atoms with Crippen LogP contribution in [-0.4, -0.2) is 52.1 Å². The molecule has 6 nitrogen and oxygen atoms in total. The second kappa shape index (κ2) is 8.89. The van der Waals surface area contributed by atoms with Gasteiger partial charge in [0.05, 0.1) is 12.6 Å². The van der Waals surface area contributed by atoms with Gasteiger partial charge in [-0.1, -0.05) is 50.3 Å². The Labute approximate surface area is 190 Å². The van der Waals surface area contributed by atoms with Crippen LogP contribution in [0.15, 0.2) is 30.3 Å². The molecule has 1 aliphatic carbocycles. The maximum absolute atomic E-state index is 13.8. The summed E-state index contributed by atoms with van der Waals surface area (Å²) in [4.78, 5) is 29.4. The molecule has 0 unspecified atom stereocenters. The highest BCUT2D eigenvalue weighted by atomic mass is 16.5.